The highest BCUT2D eigenvalue weighted by atomic mass is 127. The van der Waals surface area contributed by atoms with Crippen molar-refractivity contribution in [3.8, 4) is 5.75 Å². The average molecular weight is 540 g/mol. The van der Waals surface area contributed by atoms with E-state index in [2.05, 4.69) is 31.5 Å². The Hall–Kier alpha value is -1.58. The molecule has 1 amide bonds. The molecule has 0 bridgehead atoms. The van der Waals surface area contributed by atoms with Crippen LogP contribution < -0.4 is 34.0 Å². The van der Waals surface area contributed by atoms with Crippen molar-refractivity contribution in [1.82, 2.24) is 0 Å². The van der Waals surface area contributed by atoms with Crippen LogP contribution in [0.4, 0.5) is 10.1 Å². The number of hydrogen-bond acceptors (Lipinski definition) is 3. The summed E-state index contributed by atoms with van der Waals surface area (Å²) in [5.74, 6) is 2.28. The van der Waals surface area contributed by atoms with Gasteiger partial charge in [0.15, 0.2) is 0 Å². The summed E-state index contributed by atoms with van der Waals surface area (Å²) < 4.78 is 20.5. The van der Waals surface area contributed by atoms with Gasteiger partial charge in [-0.15, -0.1) is 0 Å². The number of carbonyl (C=O) groups is 1. The molecular formula is C23H26FIN2O2S. The molecular weight excluding hydrogens is 514 g/mol. The molecule has 160 valence electrons. The van der Waals surface area contributed by atoms with E-state index in [0.717, 1.165) is 16.7 Å². The van der Waals surface area contributed by atoms with Crippen molar-refractivity contribution in [2.24, 2.45) is 0 Å². The second-order valence-corrected chi connectivity index (χ2v) is 9.36. The Morgan fingerprint density at radius 2 is 2.00 bits per heavy atom. The Bertz CT molecular complexity index is 941. The molecule has 0 spiro atoms. The van der Waals surface area contributed by atoms with Crippen LogP contribution in [0.2, 0.25) is 0 Å². The van der Waals surface area contributed by atoms with Gasteiger partial charge >= 0.3 is 0 Å². The SMILES string of the molecule is C[N+](C)(Cc1ccc(NC(=O)C2=Cc3c(F)cccc3OC2)cc1)C1CCSC1.[I-]. The second-order valence-electron chi connectivity index (χ2n) is 8.22. The fraction of sp³-hybridized carbons (Fsp3) is 0.348. The summed E-state index contributed by atoms with van der Waals surface area (Å²) in [4.78, 5) is 12.6. The van der Waals surface area contributed by atoms with E-state index < -0.39 is 5.82 Å². The van der Waals surface area contributed by atoms with Crippen molar-refractivity contribution in [3.63, 3.8) is 0 Å². The van der Waals surface area contributed by atoms with Crippen molar-refractivity contribution in [3.05, 3.63) is 65.0 Å². The van der Waals surface area contributed by atoms with Crippen molar-refractivity contribution in [2.75, 3.05) is 37.5 Å². The van der Waals surface area contributed by atoms with Gasteiger partial charge in [0.2, 0.25) is 0 Å². The molecule has 1 atom stereocenters. The van der Waals surface area contributed by atoms with Crippen LogP contribution in [-0.4, -0.2) is 48.6 Å². The van der Waals surface area contributed by atoms with Gasteiger partial charge in [-0.1, -0.05) is 18.2 Å². The minimum Gasteiger partial charge on any atom is -1.00 e. The number of thioether (sulfide) groups is 1. The predicted molar refractivity (Wildman–Crippen MR) is 116 cm³/mol. The van der Waals surface area contributed by atoms with E-state index >= 15 is 0 Å². The molecule has 2 aliphatic heterocycles. The summed E-state index contributed by atoms with van der Waals surface area (Å²) in [6.45, 7) is 1.10. The van der Waals surface area contributed by atoms with Crippen LogP contribution in [0, 0.1) is 5.82 Å². The first-order valence-corrected chi connectivity index (χ1v) is 11.0. The van der Waals surface area contributed by atoms with Gasteiger partial charge in [-0.05, 0) is 36.1 Å². The zero-order chi connectivity index (χ0) is 20.4. The van der Waals surface area contributed by atoms with Gasteiger partial charge in [0.25, 0.3) is 5.91 Å². The smallest absolute Gasteiger partial charge is 0.255 e. The molecule has 4 nitrogen and oxygen atoms in total. The number of rotatable bonds is 5. The molecule has 2 aliphatic rings. The van der Waals surface area contributed by atoms with Gasteiger partial charge in [-0.2, -0.15) is 11.8 Å². The van der Waals surface area contributed by atoms with Crippen LogP contribution in [0.25, 0.3) is 6.08 Å². The maximum Gasteiger partial charge on any atom is 0.255 e. The van der Waals surface area contributed by atoms with Crippen LogP contribution in [0.1, 0.15) is 17.5 Å². The van der Waals surface area contributed by atoms with Crippen LogP contribution >= 0.6 is 11.8 Å². The van der Waals surface area contributed by atoms with Gasteiger partial charge in [0.05, 0.1) is 31.3 Å². The molecule has 2 heterocycles. The normalized spacial score (nSPS) is 18.0. The van der Waals surface area contributed by atoms with E-state index in [-0.39, 0.29) is 36.5 Å². The lowest BCUT2D eigenvalue weighted by molar-refractivity contribution is -0.924. The number of nitrogens with zero attached hydrogens (tertiary/aromatic N) is 1. The molecule has 1 fully saturated rings. The monoisotopic (exact) mass is 540 g/mol. The number of carbonyl (C=O) groups excluding carboxylic acids is 1. The molecule has 1 unspecified atom stereocenters. The minimum absolute atomic E-state index is 0. The van der Waals surface area contributed by atoms with Gasteiger partial charge in [-0.3, -0.25) is 4.79 Å². The standard InChI is InChI=1S/C23H25FN2O2S.HI/c1-26(2,19-10-11-29-15-19)13-16-6-8-18(9-7-16)25-23(27)17-12-20-21(24)4-3-5-22(20)28-14-17;/h3-9,12,19H,10-11,13-15H2,1-2H3;1H. The van der Waals surface area contributed by atoms with Crippen LogP contribution in [0.3, 0.4) is 0 Å². The Morgan fingerprint density at radius 3 is 2.70 bits per heavy atom. The summed E-state index contributed by atoms with van der Waals surface area (Å²) in [7, 11) is 4.58. The third kappa shape index (κ3) is 5.18. The highest BCUT2D eigenvalue weighted by Crippen LogP contribution is 2.29. The first-order valence-electron chi connectivity index (χ1n) is 9.85. The molecule has 0 aliphatic carbocycles. The number of fused-ring (bicyclic) bond motifs is 1. The van der Waals surface area contributed by atoms with Crippen molar-refractivity contribution < 1.29 is 42.4 Å². The zero-order valence-corrected chi connectivity index (χ0v) is 20.1. The Morgan fingerprint density at radius 1 is 1.23 bits per heavy atom. The highest BCUT2D eigenvalue weighted by Gasteiger charge is 2.31. The molecule has 0 radical (unpaired) electrons. The van der Waals surface area contributed by atoms with E-state index in [4.69, 9.17) is 4.74 Å². The van der Waals surface area contributed by atoms with E-state index in [1.807, 2.05) is 23.9 Å². The Balaban J connectivity index is 0.00000256. The van der Waals surface area contributed by atoms with E-state index in [0.29, 0.717) is 22.9 Å². The predicted octanol–water partition coefficient (Wildman–Crippen LogP) is 1.33. The fourth-order valence-electron chi connectivity index (χ4n) is 3.86. The summed E-state index contributed by atoms with van der Waals surface area (Å²) >= 11 is 2.04. The number of quaternary nitrogens is 1. The topological polar surface area (TPSA) is 38.3 Å². The number of ether oxygens (including phenoxy) is 1. The number of amides is 1. The van der Waals surface area contributed by atoms with E-state index in [9.17, 15) is 9.18 Å². The largest absolute Gasteiger partial charge is 1.00 e. The summed E-state index contributed by atoms with van der Waals surface area (Å²) in [6, 6.07) is 13.3. The quantitative estimate of drug-likeness (QED) is 0.460. The molecule has 0 saturated carbocycles. The Labute approximate surface area is 198 Å². The van der Waals surface area contributed by atoms with Crippen LogP contribution in [0.5, 0.6) is 5.75 Å². The number of nitrogens with one attached hydrogen (secondary N) is 1. The lowest BCUT2D eigenvalue weighted by Gasteiger charge is -2.35. The summed E-state index contributed by atoms with van der Waals surface area (Å²) in [6.07, 6.45) is 2.84. The Kier molecular flexibility index (Phi) is 7.47. The molecule has 4 rings (SSSR count). The molecule has 2 aromatic rings. The van der Waals surface area contributed by atoms with Crippen LogP contribution in [0.15, 0.2) is 48.0 Å². The molecule has 7 heteroatoms. The molecule has 30 heavy (non-hydrogen) atoms. The molecule has 0 aromatic heterocycles. The fourth-order valence-corrected chi connectivity index (χ4v) is 5.31. The molecule has 1 saturated heterocycles. The number of benzene rings is 2. The van der Waals surface area contributed by atoms with Gasteiger partial charge < -0.3 is 38.5 Å². The third-order valence-electron chi connectivity index (χ3n) is 5.70. The lowest BCUT2D eigenvalue weighted by atomic mass is 10.1. The number of anilines is 1. The van der Waals surface area contributed by atoms with Crippen molar-refractivity contribution in [1.29, 1.82) is 0 Å². The van der Waals surface area contributed by atoms with E-state index in [1.54, 1.807) is 18.2 Å². The number of halogens is 2. The van der Waals surface area contributed by atoms with Gasteiger partial charge in [0.1, 0.15) is 24.7 Å². The summed E-state index contributed by atoms with van der Waals surface area (Å²) in [5.41, 5.74) is 2.70. The van der Waals surface area contributed by atoms with Gasteiger partial charge in [-0.25, -0.2) is 4.39 Å². The second kappa shape index (κ2) is 9.70. The first kappa shape index (κ1) is 23.1. The highest BCUT2D eigenvalue weighted by molar-refractivity contribution is 7.99. The van der Waals surface area contributed by atoms with E-state index in [1.165, 1.54) is 29.6 Å². The zero-order valence-electron chi connectivity index (χ0n) is 17.2. The average Bonchev–Trinajstić information content (AvgIpc) is 3.25. The summed E-state index contributed by atoms with van der Waals surface area (Å²) in [5, 5.41) is 2.89. The first-order chi connectivity index (χ1) is 13.9. The lowest BCUT2D eigenvalue weighted by Crippen LogP contribution is -3.00. The molecule has 2 aromatic carbocycles. The minimum atomic E-state index is -0.391. The third-order valence-corrected chi connectivity index (χ3v) is 6.85. The van der Waals surface area contributed by atoms with Crippen molar-refractivity contribution >= 4 is 29.4 Å². The van der Waals surface area contributed by atoms with Crippen molar-refractivity contribution in [2.45, 2.75) is 19.0 Å². The number of hydrogen-bond donors (Lipinski definition) is 1. The molecule has 1 N–H and O–H groups in total. The van der Waals surface area contributed by atoms with Gasteiger partial charge in [0, 0.05) is 23.4 Å². The maximum atomic E-state index is 14.0. The van der Waals surface area contributed by atoms with Crippen LogP contribution in [-0.2, 0) is 11.3 Å². The maximum absolute atomic E-state index is 14.0.